The average Bonchev–Trinajstić information content (AvgIpc) is 2.41. The van der Waals surface area contributed by atoms with Gasteiger partial charge < -0.3 is 20.9 Å². The van der Waals surface area contributed by atoms with E-state index in [9.17, 15) is 14.4 Å². The van der Waals surface area contributed by atoms with Crippen molar-refractivity contribution in [2.45, 2.75) is 25.5 Å². The number of aliphatic carboxylic acids is 1. The standard InChI is InChI=1S/C13H16N2O5/c14-12(18)10(6-7-11(16)17)15-13(19)20-8-9-4-2-1-3-5-9/h1-5,10H,6-8H2,(H2,14,18)(H,15,19)(H,16,17). The van der Waals surface area contributed by atoms with Crippen molar-refractivity contribution in [2.24, 2.45) is 5.73 Å². The first-order valence-corrected chi connectivity index (χ1v) is 5.97. The number of benzene rings is 1. The largest absolute Gasteiger partial charge is 0.481 e. The molecule has 2 amide bonds. The second-order valence-corrected chi connectivity index (χ2v) is 4.09. The number of carbonyl (C=O) groups is 3. The third kappa shape index (κ3) is 5.85. The van der Waals surface area contributed by atoms with E-state index in [-0.39, 0.29) is 19.4 Å². The molecule has 1 aromatic rings. The van der Waals surface area contributed by atoms with Crippen LogP contribution in [0.5, 0.6) is 0 Å². The van der Waals surface area contributed by atoms with Gasteiger partial charge in [-0.05, 0) is 12.0 Å². The molecule has 0 spiro atoms. The molecule has 1 aromatic carbocycles. The first-order chi connectivity index (χ1) is 9.49. The highest BCUT2D eigenvalue weighted by molar-refractivity contribution is 5.84. The minimum absolute atomic E-state index is 0.0527. The van der Waals surface area contributed by atoms with Crippen molar-refractivity contribution in [2.75, 3.05) is 0 Å². The summed E-state index contributed by atoms with van der Waals surface area (Å²) in [4.78, 5) is 33.0. The third-order valence-corrected chi connectivity index (χ3v) is 2.50. The van der Waals surface area contributed by atoms with E-state index in [4.69, 9.17) is 15.6 Å². The Kier molecular flexibility index (Phi) is 6.02. The van der Waals surface area contributed by atoms with Gasteiger partial charge in [-0.1, -0.05) is 30.3 Å². The monoisotopic (exact) mass is 280 g/mol. The number of carboxylic acid groups (broad SMARTS) is 1. The summed E-state index contributed by atoms with van der Waals surface area (Å²) in [5.41, 5.74) is 5.87. The fraction of sp³-hybridized carbons (Fsp3) is 0.308. The molecule has 0 radical (unpaired) electrons. The van der Waals surface area contributed by atoms with Crippen molar-refractivity contribution in [3.8, 4) is 0 Å². The number of primary amides is 1. The van der Waals surface area contributed by atoms with Crippen molar-refractivity contribution >= 4 is 18.0 Å². The first kappa shape index (κ1) is 15.5. The lowest BCUT2D eigenvalue weighted by Crippen LogP contribution is -2.44. The van der Waals surface area contributed by atoms with Gasteiger partial charge in [0.1, 0.15) is 12.6 Å². The van der Waals surface area contributed by atoms with Crippen LogP contribution in [-0.2, 0) is 20.9 Å². The maximum Gasteiger partial charge on any atom is 0.408 e. The molecule has 1 rings (SSSR count). The van der Waals surface area contributed by atoms with E-state index in [1.165, 1.54) is 0 Å². The number of carboxylic acids is 1. The molecule has 1 atom stereocenters. The van der Waals surface area contributed by atoms with E-state index < -0.39 is 24.0 Å². The van der Waals surface area contributed by atoms with Crippen LogP contribution in [0, 0.1) is 0 Å². The maximum absolute atomic E-state index is 11.5. The Morgan fingerprint density at radius 1 is 1.25 bits per heavy atom. The van der Waals surface area contributed by atoms with Crippen LogP contribution < -0.4 is 11.1 Å². The quantitative estimate of drug-likeness (QED) is 0.677. The average molecular weight is 280 g/mol. The highest BCUT2D eigenvalue weighted by atomic mass is 16.5. The van der Waals surface area contributed by atoms with E-state index in [1.807, 2.05) is 6.07 Å². The molecule has 20 heavy (non-hydrogen) atoms. The Bertz CT molecular complexity index is 475. The van der Waals surface area contributed by atoms with Gasteiger partial charge in [0.05, 0.1) is 0 Å². The summed E-state index contributed by atoms with van der Waals surface area (Å²) in [6.45, 7) is 0.0527. The molecule has 4 N–H and O–H groups in total. The molecule has 0 aliphatic carbocycles. The van der Waals surface area contributed by atoms with Crippen molar-refractivity contribution in [1.82, 2.24) is 5.32 Å². The van der Waals surface area contributed by atoms with Gasteiger partial charge in [0.25, 0.3) is 0 Å². The molecule has 0 saturated heterocycles. The summed E-state index contributed by atoms with van der Waals surface area (Å²) in [5.74, 6) is -1.88. The fourth-order valence-corrected chi connectivity index (χ4v) is 1.46. The van der Waals surface area contributed by atoms with Crippen LogP contribution >= 0.6 is 0 Å². The number of hydrogen-bond donors (Lipinski definition) is 3. The molecule has 7 heteroatoms. The molecule has 0 fully saturated rings. The van der Waals surface area contributed by atoms with Gasteiger partial charge in [-0.2, -0.15) is 0 Å². The predicted molar refractivity (Wildman–Crippen MR) is 69.6 cm³/mol. The zero-order chi connectivity index (χ0) is 15.0. The fourth-order valence-electron chi connectivity index (χ4n) is 1.46. The first-order valence-electron chi connectivity index (χ1n) is 5.97. The van der Waals surface area contributed by atoms with Crippen LogP contribution in [0.15, 0.2) is 30.3 Å². The topological polar surface area (TPSA) is 119 Å². The number of hydrogen-bond acceptors (Lipinski definition) is 4. The molecule has 7 nitrogen and oxygen atoms in total. The molecule has 0 aliphatic rings. The second kappa shape index (κ2) is 7.78. The van der Waals surface area contributed by atoms with Crippen LogP contribution in [0.3, 0.4) is 0 Å². The Balaban J connectivity index is 2.41. The Hall–Kier alpha value is -2.57. The summed E-state index contributed by atoms with van der Waals surface area (Å²) >= 11 is 0. The zero-order valence-electron chi connectivity index (χ0n) is 10.7. The van der Waals surface area contributed by atoms with Crippen LogP contribution in [0.4, 0.5) is 4.79 Å². The number of rotatable bonds is 7. The number of nitrogens with one attached hydrogen (secondary N) is 1. The van der Waals surface area contributed by atoms with Crippen LogP contribution in [-0.4, -0.2) is 29.1 Å². The van der Waals surface area contributed by atoms with Gasteiger partial charge in [-0.25, -0.2) is 4.79 Å². The van der Waals surface area contributed by atoms with Crippen LogP contribution in [0.25, 0.3) is 0 Å². The molecule has 0 aromatic heterocycles. The summed E-state index contributed by atoms with van der Waals surface area (Å²) in [5, 5.41) is 10.8. The SMILES string of the molecule is NC(=O)C(CCC(=O)O)NC(=O)OCc1ccccc1. The molecular weight excluding hydrogens is 264 g/mol. The Morgan fingerprint density at radius 2 is 1.90 bits per heavy atom. The van der Waals surface area contributed by atoms with E-state index in [1.54, 1.807) is 24.3 Å². The normalized spacial score (nSPS) is 11.4. The third-order valence-electron chi connectivity index (χ3n) is 2.50. The highest BCUT2D eigenvalue weighted by Crippen LogP contribution is 2.02. The van der Waals surface area contributed by atoms with Crippen molar-refractivity contribution in [3.63, 3.8) is 0 Å². The Labute approximate surface area is 115 Å². The minimum Gasteiger partial charge on any atom is -0.481 e. The predicted octanol–water partition coefficient (Wildman–Crippen LogP) is 0.631. The van der Waals surface area contributed by atoms with Crippen molar-refractivity contribution in [1.29, 1.82) is 0 Å². The van der Waals surface area contributed by atoms with Gasteiger partial charge in [-0.3, -0.25) is 9.59 Å². The number of carbonyl (C=O) groups excluding carboxylic acids is 2. The lowest BCUT2D eigenvalue weighted by atomic mass is 10.1. The molecule has 0 saturated carbocycles. The number of ether oxygens (including phenoxy) is 1. The highest BCUT2D eigenvalue weighted by Gasteiger charge is 2.19. The van der Waals surface area contributed by atoms with E-state index in [0.29, 0.717) is 0 Å². The van der Waals surface area contributed by atoms with Crippen molar-refractivity contribution in [3.05, 3.63) is 35.9 Å². The van der Waals surface area contributed by atoms with Gasteiger partial charge in [0, 0.05) is 6.42 Å². The second-order valence-electron chi connectivity index (χ2n) is 4.09. The van der Waals surface area contributed by atoms with E-state index >= 15 is 0 Å². The lowest BCUT2D eigenvalue weighted by molar-refractivity contribution is -0.137. The smallest absolute Gasteiger partial charge is 0.408 e. The molecule has 0 aliphatic heterocycles. The molecule has 108 valence electrons. The van der Waals surface area contributed by atoms with Gasteiger partial charge >= 0.3 is 12.1 Å². The summed E-state index contributed by atoms with van der Waals surface area (Å²) in [6.07, 6.45) is -1.17. The van der Waals surface area contributed by atoms with Gasteiger partial charge in [0.2, 0.25) is 5.91 Å². The van der Waals surface area contributed by atoms with Gasteiger partial charge in [-0.15, -0.1) is 0 Å². The number of alkyl carbamates (subject to hydrolysis) is 1. The maximum atomic E-state index is 11.5. The summed E-state index contributed by atoms with van der Waals surface area (Å²) in [6, 6.07) is 7.94. The van der Waals surface area contributed by atoms with Crippen LogP contribution in [0.1, 0.15) is 18.4 Å². The lowest BCUT2D eigenvalue weighted by Gasteiger charge is -2.14. The van der Waals surface area contributed by atoms with Crippen LogP contribution in [0.2, 0.25) is 0 Å². The summed E-state index contributed by atoms with van der Waals surface area (Å²) in [7, 11) is 0. The van der Waals surface area contributed by atoms with Gasteiger partial charge in [0.15, 0.2) is 0 Å². The molecular formula is C13H16N2O5. The number of amides is 2. The van der Waals surface area contributed by atoms with E-state index in [2.05, 4.69) is 5.32 Å². The zero-order valence-corrected chi connectivity index (χ0v) is 10.7. The molecule has 0 heterocycles. The van der Waals surface area contributed by atoms with Crippen molar-refractivity contribution < 1.29 is 24.2 Å². The minimum atomic E-state index is -1.07. The molecule has 0 bridgehead atoms. The Morgan fingerprint density at radius 3 is 2.45 bits per heavy atom. The number of nitrogens with two attached hydrogens (primary N) is 1. The molecule has 1 unspecified atom stereocenters. The van der Waals surface area contributed by atoms with E-state index in [0.717, 1.165) is 5.56 Å². The summed E-state index contributed by atoms with van der Waals surface area (Å²) < 4.78 is 4.91.